The molecule has 0 saturated heterocycles. The highest BCUT2D eigenvalue weighted by molar-refractivity contribution is 6.30. The first-order valence-electron chi connectivity index (χ1n) is 8.48. The lowest BCUT2D eigenvalue weighted by Crippen LogP contribution is -2.19. The van der Waals surface area contributed by atoms with E-state index in [9.17, 15) is 4.79 Å². The van der Waals surface area contributed by atoms with Gasteiger partial charge in [0.05, 0.1) is 5.52 Å². The first kappa shape index (κ1) is 15.9. The number of hydrogen-bond donors (Lipinski definition) is 0. The molecule has 5 aromatic rings. The smallest absolute Gasteiger partial charge is 0.285 e. The van der Waals surface area contributed by atoms with Gasteiger partial charge in [-0.05, 0) is 48.5 Å². The van der Waals surface area contributed by atoms with Crippen LogP contribution in [0.2, 0.25) is 5.02 Å². The van der Waals surface area contributed by atoms with Crippen LogP contribution in [0, 0.1) is 0 Å². The van der Waals surface area contributed by atoms with Crippen LogP contribution in [0.25, 0.3) is 39.1 Å². The highest BCUT2D eigenvalue weighted by Gasteiger charge is 2.18. The minimum absolute atomic E-state index is 0.209. The molecule has 0 bridgehead atoms. The highest BCUT2D eigenvalue weighted by Crippen LogP contribution is 2.29. The van der Waals surface area contributed by atoms with E-state index in [2.05, 4.69) is 4.98 Å². The number of aromatic nitrogens is 2. The Hall–Kier alpha value is -3.37. The van der Waals surface area contributed by atoms with Crippen LogP contribution in [0.15, 0.2) is 88.1 Å². The molecule has 2 heterocycles. The third-order valence-corrected chi connectivity index (χ3v) is 4.78. The number of para-hydroxylation sites is 2. The number of nitrogens with zero attached hydrogens (tertiary/aromatic N) is 2. The number of pyridine rings is 1. The molecule has 0 atom stereocenters. The highest BCUT2D eigenvalue weighted by atomic mass is 35.5. The minimum Gasteiger partial charge on any atom is -0.435 e. The summed E-state index contributed by atoms with van der Waals surface area (Å²) in [6.07, 6.45) is 0. The van der Waals surface area contributed by atoms with Gasteiger partial charge in [-0.2, -0.15) is 0 Å². The maximum Gasteiger partial charge on any atom is 0.285 e. The molecule has 5 heteroatoms. The quantitative estimate of drug-likeness (QED) is 0.414. The summed E-state index contributed by atoms with van der Waals surface area (Å²) in [5.74, 6) is 0.398. The Balaban J connectivity index is 1.88. The van der Waals surface area contributed by atoms with Gasteiger partial charge >= 0.3 is 0 Å². The molecule has 4 nitrogen and oxygen atoms in total. The summed E-state index contributed by atoms with van der Waals surface area (Å²) in [4.78, 5) is 17.8. The van der Waals surface area contributed by atoms with Crippen molar-refractivity contribution in [2.75, 3.05) is 0 Å². The van der Waals surface area contributed by atoms with Crippen LogP contribution < -0.4 is 5.56 Å². The van der Waals surface area contributed by atoms with Gasteiger partial charge in [-0.25, -0.2) is 4.98 Å². The van der Waals surface area contributed by atoms with Gasteiger partial charge in [-0.3, -0.25) is 9.36 Å². The van der Waals surface area contributed by atoms with E-state index in [0.717, 1.165) is 22.2 Å². The van der Waals surface area contributed by atoms with Crippen molar-refractivity contribution in [3.05, 3.63) is 94.2 Å². The van der Waals surface area contributed by atoms with Gasteiger partial charge < -0.3 is 4.42 Å². The molecule has 0 spiro atoms. The van der Waals surface area contributed by atoms with Crippen molar-refractivity contribution < 1.29 is 4.42 Å². The Morgan fingerprint density at radius 1 is 0.852 bits per heavy atom. The van der Waals surface area contributed by atoms with Crippen LogP contribution in [0.1, 0.15) is 0 Å². The van der Waals surface area contributed by atoms with Gasteiger partial charge in [0.15, 0.2) is 11.1 Å². The fourth-order valence-electron chi connectivity index (χ4n) is 3.27. The van der Waals surface area contributed by atoms with E-state index >= 15 is 0 Å². The van der Waals surface area contributed by atoms with Crippen molar-refractivity contribution >= 4 is 33.6 Å². The molecule has 0 saturated carbocycles. The number of rotatable bonds is 2. The van der Waals surface area contributed by atoms with E-state index in [0.29, 0.717) is 22.0 Å². The Morgan fingerprint density at radius 2 is 1.56 bits per heavy atom. The fourth-order valence-corrected chi connectivity index (χ4v) is 3.40. The van der Waals surface area contributed by atoms with Crippen molar-refractivity contribution in [1.29, 1.82) is 0 Å². The van der Waals surface area contributed by atoms with E-state index in [-0.39, 0.29) is 5.56 Å². The molecule has 0 aliphatic rings. The summed E-state index contributed by atoms with van der Waals surface area (Å²) in [6.45, 7) is 0. The lowest BCUT2D eigenvalue weighted by Gasteiger charge is -2.10. The molecular weight excluding hydrogens is 360 g/mol. The lowest BCUT2D eigenvalue weighted by molar-refractivity contribution is 0.622. The van der Waals surface area contributed by atoms with E-state index in [1.165, 1.54) is 0 Å². The zero-order valence-corrected chi connectivity index (χ0v) is 14.9. The molecule has 0 radical (unpaired) electrons. The van der Waals surface area contributed by atoms with Crippen LogP contribution in [-0.4, -0.2) is 9.55 Å². The Kier molecular flexibility index (Phi) is 3.59. The number of oxazole rings is 1. The molecule has 130 valence electrons. The van der Waals surface area contributed by atoms with Gasteiger partial charge in [-0.1, -0.05) is 41.9 Å². The average Bonchev–Trinajstić information content (AvgIpc) is 3.16. The Labute approximate surface area is 159 Å². The van der Waals surface area contributed by atoms with Gasteiger partial charge in [0, 0.05) is 21.7 Å². The van der Waals surface area contributed by atoms with Crippen LogP contribution >= 0.6 is 11.6 Å². The predicted octanol–water partition coefficient (Wildman–Crippen LogP) is 5.45. The predicted molar refractivity (Wildman–Crippen MR) is 108 cm³/mol. The molecule has 0 N–H and O–H groups in total. The molecule has 27 heavy (non-hydrogen) atoms. The summed E-state index contributed by atoms with van der Waals surface area (Å²) >= 11 is 5.97. The second-order valence-corrected chi connectivity index (χ2v) is 6.63. The summed E-state index contributed by atoms with van der Waals surface area (Å²) in [7, 11) is 0. The largest absolute Gasteiger partial charge is 0.435 e. The number of fused-ring (bicyclic) bond motifs is 3. The van der Waals surface area contributed by atoms with E-state index < -0.39 is 0 Å². The van der Waals surface area contributed by atoms with Gasteiger partial charge in [0.1, 0.15) is 0 Å². The van der Waals surface area contributed by atoms with Crippen LogP contribution in [0.4, 0.5) is 0 Å². The van der Waals surface area contributed by atoms with Crippen molar-refractivity contribution in [1.82, 2.24) is 9.55 Å². The van der Waals surface area contributed by atoms with Crippen LogP contribution in [-0.2, 0) is 0 Å². The second-order valence-electron chi connectivity index (χ2n) is 6.20. The normalized spacial score (nSPS) is 11.3. The topological polar surface area (TPSA) is 48.0 Å². The van der Waals surface area contributed by atoms with Crippen molar-refractivity contribution in [2.24, 2.45) is 0 Å². The lowest BCUT2D eigenvalue weighted by atomic mass is 10.2. The molecule has 0 aliphatic heterocycles. The van der Waals surface area contributed by atoms with Gasteiger partial charge in [0.25, 0.3) is 5.56 Å². The van der Waals surface area contributed by atoms with E-state index in [1.54, 1.807) is 16.7 Å². The summed E-state index contributed by atoms with van der Waals surface area (Å²) in [6, 6.07) is 24.4. The SMILES string of the molecule is O=c1c2nc(-c3ccc(Cl)cc3)oc2c2ccccc2n1-c1ccccc1. The fraction of sp³-hybridized carbons (Fsp3) is 0. The summed E-state index contributed by atoms with van der Waals surface area (Å²) < 4.78 is 7.68. The molecule has 0 fully saturated rings. The van der Waals surface area contributed by atoms with Crippen molar-refractivity contribution in [2.45, 2.75) is 0 Å². The maximum atomic E-state index is 13.3. The molecule has 0 aliphatic carbocycles. The number of benzene rings is 3. The first-order chi connectivity index (χ1) is 13.2. The first-order valence-corrected chi connectivity index (χ1v) is 8.86. The summed E-state index contributed by atoms with van der Waals surface area (Å²) in [5, 5.41) is 1.47. The van der Waals surface area contributed by atoms with E-state index in [1.807, 2.05) is 66.7 Å². The molecule has 0 amide bonds. The standard InChI is InChI=1S/C22H13ClN2O2/c23-15-12-10-14(11-13-15)21-24-19-20(27-21)17-8-4-5-9-18(17)25(22(19)26)16-6-2-1-3-7-16/h1-13H. The van der Waals surface area contributed by atoms with Crippen LogP contribution in [0.3, 0.4) is 0 Å². The van der Waals surface area contributed by atoms with Gasteiger partial charge in [0.2, 0.25) is 5.89 Å². The van der Waals surface area contributed by atoms with Crippen molar-refractivity contribution in [3.8, 4) is 17.1 Å². The van der Waals surface area contributed by atoms with Crippen LogP contribution in [0.5, 0.6) is 0 Å². The minimum atomic E-state index is -0.209. The third kappa shape index (κ3) is 2.54. The molecular formula is C22H13ClN2O2. The average molecular weight is 373 g/mol. The third-order valence-electron chi connectivity index (χ3n) is 4.53. The molecule has 5 rings (SSSR count). The summed E-state index contributed by atoms with van der Waals surface area (Å²) in [5.41, 5.74) is 2.93. The molecule has 2 aromatic heterocycles. The van der Waals surface area contributed by atoms with E-state index in [4.69, 9.17) is 16.0 Å². The second kappa shape index (κ2) is 6.11. The molecule has 3 aromatic carbocycles. The Bertz CT molecular complexity index is 1340. The maximum absolute atomic E-state index is 13.3. The molecule has 0 unspecified atom stereocenters. The zero-order chi connectivity index (χ0) is 18.4. The number of halogens is 1. The monoisotopic (exact) mass is 372 g/mol. The van der Waals surface area contributed by atoms with Crippen molar-refractivity contribution in [3.63, 3.8) is 0 Å². The van der Waals surface area contributed by atoms with Gasteiger partial charge in [-0.15, -0.1) is 0 Å². The number of hydrogen-bond acceptors (Lipinski definition) is 3. The Morgan fingerprint density at radius 3 is 2.33 bits per heavy atom. The zero-order valence-electron chi connectivity index (χ0n) is 14.1.